The summed E-state index contributed by atoms with van der Waals surface area (Å²) in [6.07, 6.45) is 4.41. The van der Waals surface area contributed by atoms with E-state index in [1.165, 1.54) is 10.6 Å². The smallest absolute Gasteiger partial charge is 0.317 e. The van der Waals surface area contributed by atoms with Crippen molar-refractivity contribution in [3.63, 3.8) is 0 Å². The second-order valence-corrected chi connectivity index (χ2v) is 9.38. The van der Waals surface area contributed by atoms with Crippen LogP contribution in [0, 0.1) is 0 Å². The monoisotopic (exact) mass is 395 g/mol. The highest BCUT2D eigenvalue weighted by Gasteiger charge is 2.48. The number of carbonyl (C=O) groups is 1. The number of piperidine rings is 1. The van der Waals surface area contributed by atoms with Crippen LogP contribution in [0.5, 0.6) is 11.5 Å². The molecule has 3 aliphatic heterocycles. The fourth-order valence-electron chi connectivity index (χ4n) is 4.07. The topological polar surface area (TPSA) is 88.2 Å². The lowest BCUT2D eigenvalue weighted by Crippen LogP contribution is -2.51. The van der Waals surface area contributed by atoms with E-state index in [0.29, 0.717) is 44.1 Å². The van der Waals surface area contributed by atoms with E-state index in [1.54, 1.807) is 4.90 Å². The van der Waals surface area contributed by atoms with E-state index in [4.69, 9.17) is 9.47 Å². The zero-order valence-corrected chi connectivity index (χ0v) is 16.2. The Hall–Kier alpha value is -2.00. The molecule has 2 fully saturated rings. The summed E-state index contributed by atoms with van der Waals surface area (Å²) in [5.74, 6) is 0.585. The minimum Gasteiger partial charge on any atom is -0.447 e. The zero-order valence-electron chi connectivity index (χ0n) is 15.4. The van der Waals surface area contributed by atoms with Crippen molar-refractivity contribution in [3.05, 3.63) is 24.3 Å². The van der Waals surface area contributed by atoms with Crippen molar-refractivity contribution in [2.75, 3.05) is 32.4 Å². The van der Waals surface area contributed by atoms with E-state index in [2.05, 4.69) is 5.32 Å². The molecule has 0 bridgehead atoms. The Morgan fingerprint density at radius 3 is 2.59 bits per heavy atom. The van der Waals surface area contributed by atoms with Crippen LogP contribution in [0.25, 0.3) is 0 Å². The lowest BCUT2D eigenvalue weighted by atomic mass is 10.1. The van der Waals surface area contributed by atoms with Crippen LogP contribution in [-0.4, -0.2) is 67.9 Å². The van der Waals surface area contributed by atoms with Gasteiger partial charge in [0, 0.05) is 32.1 Å². The number of fused-ring (bicyclic) bond motifs is 1. The fraction of sp³-hybridized carbons (Fsp3) is 0.611. The number of benzene rings is 1. The van der Waals surface area contributed by atoms with Gasteiger partial charge in [0.2, 0.25) is 10.0 Å². The average molecular weight is 395 g/mol. The van der Waals surface area contributed by atoms with Crippen LogP contribution < -0.4 is 14.8 Å². The Bertz CT molecular complexity index is 803. The first-order valence-corrected chi connectivity index (χ1v) is 11.2. The molecule has 1 N–H and O–H groups in total. The molecule has 2 amide bonds. The van der Waals surface area contributed by atoms with Gasteiger partial charge in [0.1, 0.15) is 0 Å². The van der Waals surface area contributed by atoms with Crippen molar-refractivity contribution < 1.29 is 22.7 Å². The van der Waals surface area contributed by atoms with Crippen LogP contribution >= 0.6 is 0 Å². The Morgan fingerprint density at radius 2 is 1.93 bits per heavy atom. The molecule has 8 nitrogen and oxygen atoms in total. The molecule has 1 unspecified atom stereocenters. The molecule has 0 aromatic heterocycles. The van der Waals surface area contributed by atoms with Gasteiger partial charge in [0.25, 0.3) is 5.79 Å². The summed E-state index contributed by atoms with van der Waals surface area (Å²) in [5.41, 5.74) is 0. The van der Waals surface area contributed by atoms with Crippen molar-refractivity contribution in [1.82, 2.24) is 14.5 Å². The highest BCUT2D eigenvalue weighted by Crippen LogP contribution is 2.42. The van der Waals surface area contributed by atoms with E-state index in [-0.39, 0.29) is 12.1 Å². The molecular formula is C18H25N3O5S. The Morgan fingerprint density at radius 1 is 1.22 bits per heavy atom. The molecule has 3 heterocycles. The number of sulfonamides is 1. The van der Waals surface area contributed by atoms with Crippen LogP contribution in [0.4, 0.5) is 4.79 Å². The number of ether oxygens (including phenoxy) is 2. The summed E-state index contributed by atoms with van der Waals surface area (Å²) in [6, 6.07) is 7.09. The van der Waals surface area contributed by atoms with Gasteiger partial charge in [-0.05, 0) is 25.0 Å². The lowest BCUT2D eigenvalue weighted by Gasteiger charge is -2.34. The first kappa shape index (κ1) is 18.4. The number of nitrogens with zero attached hydrogens (tertiary/aromatic N) is 2. The van der Waals surface area contributed by atoms with Gasteiger partial charge in [-0.2, -0.15) is 4.31 Å². The molecule has 0 radical (unpaired) electrons. The number of amides is 2. The molecule has 0 saturated carbocycles. The summed E-state index contributed by atoms with van der Waals surface area (Å²) < 4.78 is 37.3. The lowest BCUT2D eigenvalue weighted by molar-refractivity contribution is -0.0650. The Labute approximate surface area is 159 Å². The molecule has 3 aliphatic rings. The minimum absolute atomic E-state index is 0.183. The van der Waals surface area contributed by atoms with Crippen LogP contribution in [0.3, 0.4) is 0 Å². The quantitative estimate of drug-likeness (QED) is 0.835. The third-order valence-electron chi connectivity index (χ3n) is 5.41. The van der Waals surface area contributed by atoms with E-state index >= 15 is 0 Å². The standard InChI is InChI=1S/C18H25N3O5S/c1-27(23,24)21-10-5-4-6-14(21)12-19-17(22)20-11-9-18(13-20)25-15-7-2-3-8-16(15)26-18/h2-3,7-8,14H,4-6,9-13H2,1H3,(H,19,22). The first-order chi connectivity index (χ1) is 12.9. The number of carbonyl (C=O) groups excluding carboxylic acids is 1. The van der Waals surface area contributed by atoms with Gasteiger partial charge >= 0.3 is 6.03 Å². The summed E-state index contributed by atoms with van der Waals surface area (Å²) in [5, 5.41) is 2.89. The molecule has 9 heteroatoms. The largest absolute Gasteiger partial charge is 0.447 e. The second kappa shape index (κ2) is 6.87. The van der Waals surface area contributed by atoms with E-state index in [0.717, 1.165) is 19.3 Å². The summed E-state index contributed by atoms with van der Waals surface area (Å²) in [7, 11) is -3.26. The van der Waals surface area contributed by atoms with Crippen molar-refractivity contribution in [3.8, 4) is 11.5 Å². The highest BCUT2D eigenvalue weighted by atomic mass is 32.2. The van der Waals surface area contributed by atoms with Gasteiger partial charge in [0.15, 0.2) is 11.5 Å². The average Bonchev–Trinajstić information content (AvgIpc) is 3.22. The highest BCUT2D eigenvalue weighted by molar-refractivity contribution is 7.88. The van der Waals surface area contributed by atoms with E-state index < -0.39 is 15.8 Å². The third kappa shape index (κ3) is 3.70. The van der Waals surface area contributed by atoms with Crippen molar-refractivity contribution in [2.45, 2.75) is 37.5 Å². The molecule has 148 valence electrons. The molecule has 27 heavy (non-hydrogen) atoms. The molecule has 1 aromatic rings. The number of para-hydroxylation sites is 2. The van der Waals surface area contributed by atoms with Crippen molar-refractivity contribution in [2.24, 2.45) is 0 Å². The van der Waals surface area contributed by atoms with Gasteiger partial charge in [0.05, 0.1) is 12.8 Å². The molecule has 0 aliphatic carbocycles. The van der Waals surface area contributed by atoms with Crippen molar-refractivity contribution in [1.29, 1.82) is 0 Å². The maximum absolute atomic E-state index is 12.6. The second-order valence-electron chi connectivity index (χ2n) is 7.44. The molecule has 1 aromatic carbocycles. The third-order valence-corrected chi connectivity index (χ3v) is 6.74. The summed E-state index contributed by atoms with van der Waals surface area (Å²) in [6.45, 7) is 1.71. The number of urea groups is 1. The number of hydrogen-bond acceptors (Lipinski definition) is 5. The van der Waals surface area contributed by atoms with Gasteiger partial charge in [-0.25, -0.2) is 13.2 Å². The van der Waals surface area contributed by atoms with Gasteiger partial charge in [-0.1, -0.05) is 18.6 Å². The normalized spacial score (nSPS) is 24.3. The van der Waals surface area contributed by atoms with Gasteiger partial charge in [-0.3, -0.25) is 0 Å². The first-order valence-electron chi connectivity index (χ1n) is 9.33. The molecule has 2 saturated heterocycles. The molecule has 1 spiro atoms. The number of rotatable bonds is 3. The van der Waals surface area contributed by atoms with Crippen LogP contribution in [0.2, 0.25) is 0 Å². The van der Waals surface area contributed by atoms with Gasteiger partial charge in [-0.15, -0.1) is 0 Å². The number of likely N-dealkylation sites (tertiary alicyclic amines) is 1. The molecule has 4 rings (SSSR count). The van der Waals surface area contributed by atoms with Gasteiger partial charge < -0.3 is 19.7 Å². The Balaban J connectivity index is 1.34. The number of hydrogen-bond donors (Lipinski definition) is 1. The predicted molar refractivity (Wildman–Crippen MR) is 99.2 cm³/mol. The molecule has 1 atom stereocenters. The van der Waals surface area contributed by atoms with E-state index in [1.807, 2.05) is 24.3 Å². The van der Waals surface area contributed by atoms with E-state index in [9.17, 15) is 13.2 Å². The minimum atomic E-state index is -3.26. The SMILES string of the molecule is CS(=O)(=O)N1CCCCC1CNC(=O)N1CCC2(C1)Oc1ccccc1O2. The maximum Gasteiger partial charge on any atom is 0.317 e. The fourth-order valence-corrected chi connectivity index (χ4v) is 5.25. The molecular weight excluding hydrogens is 370 g/mol. The zero-order chi connectivity index (χ0) is 19.1. The van der Waals surface area contributed by atoms with Crippen LogP contribution in [0.1, 0.15) is 25.7 Å². The van der Waals surface area contributed by atoms with Crippen molar-refractivity contribution >= 4 is 16.1 Å². The maximum atomic E-state index is 12.6. The summed E-state index contributed by atoms with van der Waals surface area (Å²) >= 11 is 0. The van der Waals surface area contributed by atoms with Crippen LogP contribution in [-0.2, 0) is 10.0 Å². The van der Waals surface area contributed by atoms with Crippen LogP contribution in [0.15, 0.2) is 24.3 Å². The Kier molecular flexibility index (Phi) is 4.67. The number of nitrogens with one attached hydrogen (secondary N) is 1. The predicted octanol–water partition coefficient (Wildman–Crippen LogP) is 1.38. The summed E-state index contributed by atoms with van der Waals surface area (Å²) in [4.78, 5) is 14.3.